The van der Waals surface area contributed by atoms with Crippen LogP contribution in [0.15, 0.2) is 18.3 Å². The highest BCUT2D eigenvalue weighted by Crippen LogP contribution is 2.24. The molecule has 0 amide bonds. The maximum atomic E-state index is 4.47. The van der Waals surface area contributed by atoms with Crippen LogP contribution in [0.4, 0.5) is 5.69 Å². The van der Waals surface area contributed by atoms with Crippen molar-refractivity contribution in [2.75, 3.05) is 18.0 Å². The number of aryl methyl sites for hydroxylation is 1. The monoisotopic (exact) mass is 275 g/mol. The summed E-state index contributed by atoms with van der Waals surface area (Å²) in [7, 11) is 0. The Hall–Kier alpha value is -1.09. The standard InChI is InChI=1S/C17H29N3/c1-12(2)8-15-11-20(17(10-19-15)13(3)4)16-7-6-14(5)18-9-16/h6-7,9,12-13,15,17,19H,8,10-11H2,1-5H3. The molecule has 0 saturated carbocycles. The Morgan fingerprint density at radius 1 is 1.30 bits per heavy atom. The van der Waals surface area contributed by atoms with Crippen molar-refractivity contribution in [3.05, 3.63) is 24.0 Å². The Morgan fingerprint density at radius 3 is 2.60 bits per heavy atom. The van der Waals surface area contributed by atoms with Crippen molar-refractivity contribution in [2.24, 2.45) is 11.8 Å². The van der Waals surface area contributed by atoms with E-state index in [1.165, 1.54) is 12.1 Å². The first kappa shape index (κ1) is 15.3. The summed E-state index contributed by atoms with van der Waals surface area (Å²) < 4.78 is 0. The third-order valence-corrected chi connectivity index (χ3v) is 4.19. The van der Waals surface area contributed by atoms with Gasteiger partial charge >= 0.3 is 0 Å². The van der Waals surface area contributed by atoms with Crippen LogP contribution in [-0.2, 0) is 0 Å². The quantitative estimate of drug-likeness (QED) is 0.914. The molecule has 2 atom stereocenters. The van der Waals surface area contributed by atoms with E-state index in [0.717, 1.165) is 24.7 Å². The highest BCUT2D eigenvalue weighted by molar-refractivity contribution is 5.47. The minimum atomic E-state index is 0.558. The van der Waals surface area contributed by atoms with Crippen molar-refractivity contribution in [3.63, 3.8) is 0 Å². The second kappa shape index (κ2) is 6.57. The number of piperazine rings is 1. The predicted octanol–water partition coefficient (Wildman–Crippen LogP) is 3.24. The van der Waals surface area contributed by atoms with Gasteiger partial charge in [-0.05, 0) is 37.3 Å². The lowest BCUT2D eigenvalue weighted by molar-refractivity contribution is 0.310. The van der Waals surface area contributed by atoms with Crippen LogP contribution in [0.1, 0.15) is 39.8 Å². The second-order valence-corrected chi connectivity index (χ2v) is 6.86. The molecular weight excluding hydrogens is 246 g/mol. The third kappa shape index (κ3) is 3.72. The average Bonchev–Trinajstić information content (AvgIpc) is 2.38. The molecule has 20 heavy (non-hydrogen) atoms. The molecule has 1 aromatic rings. The first-order chi connectivity index (χ1) is 9.47. The molecule has 0 aliphatic carbocycles. The molecule has 3 heteroatoms. The molecule has 2 unspecified atom stereocenters. The molecule has 0 bridgehead atoms. The van der Waals surface area contributed by atoms with Gasteiger partial charge in [0.25, 0.3) is 0 Å². The lowest BCUT2D eigenvalue weighted by Crippen LogP contribution is -2.58. The molecule has 1 aliphatic rings. The summed E-state index contributed by atoms with van der Waals surface area (Å²) in [5.74, 6) is 1.38. The largest absolute Gasteiger partial charge is 0.364 e. The van der Waals surface area contributed by atoms with E-state index in [9.17, 15) is 0 Å². The minimum Gasteiger partial charge on any atom is -0.364 e. The number of hydrogen-bond acceptors (Lipinski definition) is 3. The number of rotatable bonds is 4. The average molecular weight is 275 g/mol. The van der Waals surface area contributed by atoms with Crippen molar-refractivity contribution >= 4 is 5.69 Å². The smallest absolute Gasteiger partial charge is 0.0556 e. The summed E-state index contributed by atoms with van der Waals surface area (Å²) >= 11 is 0. The molecule has 2 rings (SSSR count). The van der Waals surface area contributed by atoms with Gasteiger partial charge in [-0.2, -0.15) is 0 Å². The van der Waals surface area contributed by atoms with Gasteiger partial charge in [-0.1, -0.05) is 27.7 Å². The zero-order valence-corrected chi connectivity index (χ0v) is 13.6. The van der Waals surface area contributed by atoms with Crippen LogP contribution in [0.5, 0.6) is 0 Å². The SMILES string of the molecule is Cc1ccc(N2CC(CC(C)C)NCC2C(C)C)cn1. The fraction of sp³-hybridized carbons (Fsp3) is 0.706. The van der Waals surface area contributed by atoms with E-state index in [2.05, 4.69) is 55.0 Å². The van der Waals surface area contributed by atoms with Gasteiger partial charge in [-0.25, -0.2) is 0 Å². The Kier molecular flexibility index (Phi) is 5.03. The number of nitrogens with zero attached hydrogens (tertiary/aromatic N) is 2. The van der Waals surface area contributed by atoms with Crippen molar-refractivity contribution < 1.29 is 0 Å². The van der Waals surface area contributed by atoms with Crippen molar-refractivity contribution in [1.29, 1.82) is 0 Å². The Bertz CT molecular complexity index is 411. The first-order valence-electron chi connectivity index (χ1n) is 7.90. The second-order valence-electron chi connectivity index (χ2n) is 6.86. The van der Waals surface area contributed by atoms with Gasteiger partial charge in [0.15, 0.2) is 0 Å². The van der Waals surface area contributed by atoms with Crippen molar-refractivity contribution in [1.82, 2.24) is 10.3 Å². The van der Waals surface area contributed by atoms with Gasteiger partial charge in [0, 0.05) is 30.9 Å². The minimum absolute atomic E-state index is 0.558. The lowest BCUT2D eigenvalue weighted by Gasteiger charge is -2.44. The first-order valence-corrected chi connectivity index (χ1v) is 7.90. The molecule has 1 fully saturated rings. The van der Waals surface area contributed by atoms with E-state index < -0.39 is 0 Å². The van der Waals surface area contributed by atoms with E-state index in [-0.39, 0.29) is 0 Å². The van der Waals surface area contributed by atoms with Gasteiger partial charge < -0.3 is 10.2 Å². The molecule has 1 aliphatic heterocycles. The molecule has 1 aromatic heterocycles. The van der Waals surface area contributed by atoms with Gasteiger partial charge in [-0.3, -0.25) is 4.98 Å². The fourth-order valence-electron chi connectivity index (χ4n) is 3.08. The Morgan fingerprint density at radius 2 is 2.05 bits per heavy atom. The number of anilines is 1. The molecule has 1 saturated heterocycles. The van der Waals surface area contributed by atoms with Crippen LogP contribution in [-0.4, -0.2) is 30.2 Å². The predicted molar refractivity (Wildman–Crippen MR) is 86.2 cm³/mol. The van der Waals surface area contributed by atoms with Crippen LogP contribution in [0.3, 0.4) is 0 Å². The number of pyridine rings is 1. The maximum absolute atomic E-state index is 4.47. The molecular formula is C17H29N3. The topological polar surface area (TPSA) is 28.2 Å². The summed E-state index contributed by atoms with van der Waals surface area (Å²) in [6.07, 6.45) is 3.27. The number of hydrogen-bond donors (Lipinski definition) is 1. The summed E-state index contributed by atoms with van der Waals surface area (Å²) in [5.41, 5.74) is 2.35. The fourth-order valence-corrected chi connectivity index (χ4v) is 3.08. The van der Waals surface area contributed by atoms with Crippen LogP contribution in [0.25, 0.3) is 0 Å². The molecule has 0 spiro atoms. The van der Waals surface area contributed by atoms with Gasteiger partial charge in [0.1, 0.15) is 0 Å². The van der Waals surface area contributed by atoms with E-state index >= 15 is 0 Å². The normalized spacial score (nSPS) is 23.6. The third-order valence-electron chi connectivity index (χ3n) is 4.19. The zero-order chi connectivity index (χ0) is 14.7. The highest BCUT2D eigenvalue weighted by Gasteiger charge is 2.30. The Balaban J connectivity index is 2.16. The summed E-state index contributed by atoms with van der Waals surface area (Å²) in [6, 6.07) is 5.48. The summed E-state index contributed by atoms with van der Waals surface area (Å²) in [4.78, 5) is 7.03. The molecule has 2 heterocycles. The highest BCUT2D eigenvalue weighted by atomic mass is 15.2. The lowest BCUT2D eigenvalue weighted by atomic mass is 9.94. The molecule has 112 valence electrons. The van der Waals surface area contributed by atoms with Crippen LogP contribution >= 0.6 is 0 Å². The molecule has 1 N–H and O–H groups in total. The number of aromatic nitrogens is 1. The van der Waals surface area contributed by atoms with Crippen LogP contribution in [0, 0.1) is 18.8 Å². The number of nitrogens with one attached hydrogen (secondary N) is 1. The summed E-state index contributed by atoms with van der Waals surface area (Å²) in [5, 5.41) is 3.73. The van der Waals surface area contributed by atoms with Crippen molar-refractivity contribution in [2.45, 2.75) is 53.1 Å². The molecule has 0 aromatic carbocycles. The van der Waals surface area contributed by atoms with Crippen molar-refractivity contribution in [3.8, 4) is 0 Å². The van der Waals surface area contributed by atoms with E-state index in [1.807, 2.05) is 13.1 Å². The molecule has 3 nitrogen and oxygen atoms in total. The summed E-state index contributed by atoms with van der Waals surface area (Å²) in [6.45, 7) is 13.4. The van der Waals surface area contributed by atoms with E-state index in [1.54, 1.807) is 0 Å². The zero-order valence-electron chi connectivity index (χ0n) is 13.6. The molecule has 0 radical (unpaired) electrons. The van der Waals surface area contributed by atoms with Crippen LogP contribution in [0.2, 0.25) is 0 Å². The van der Waals surface area contributed by atoms with Gasteiger partial charge in [-0.15, -0.1) is 0 Å². The van der Waals surface area contributed by atoms with Gasteiger partial charge in [0.2, 0.25) is 0 Å². The van der Waals surface area contributed by atoms with E-state index in [0.29, 0.717) is 18.0 Å². The maximum Gasteiger partial charge on any atom is 0.0556 e. The van der Waals surface area contributed by atoms with E-state index in [4.69, 9.17) is 0 Å². The van der Waals surface area contributed by atoms with Gasteiger partial charge in [0.05, 0.1) is 11.9 Å². The van der Waals surface area contributed by atoms with Crippen LogP contribution < -0.4 is 10.2 Å². The Labute approximate surface area is 123 Å².